The molecule has 18 nitrogen and oxygen atoms in total. The molecule has 2 unspecified atom stereocenters. The van der Waals surface area contributed by atoms with Crippen molar-refractivity contribution in [2.75, 3.05) is 31.5 Å². The van der Waals surface area contributed by atoms with E-state index in [-0.39, 0.29) is 67.0 Å². The molecule has 1 aromatic heterocycles. The van der Waals surface area contributed by atoms with Gasteiger partial charge in [-0.3, -0.25) is 34.4 Å². The highest BCUT2D eigenvalue weighted by atomic mass is 16.5. The van der Waals surface area contributed by atoms with Crippen LogP contribution in [0.1, 0.15) is 82.5 Å². The zero-order valence-electron chi connectivity index (χ0n) is 32.9. The lowest BCUT2D eigenvalue weighted by Crippen LogP contribution is -2.52. The van der Waals surface area contributed by atoms with E-state index >= 15 is 0 Å². The summed E-state index contributed by atoms with van der Waals surface area (Å²) >= 11 is 0. The molecule has 18 heteroatoms. The number of nitrogens with zero attached hydrogens (tertiary/aromatic N) is 6. The number of carbonyl (C=O) groups is 5. The molecule has 310 valence electrons. The maximum Gasteiger partial charge on any atom is 0.411 e. The zero-order valence-corrected chi connectivity index (χ0v) is 32.9. The predicted octanol–water partition coefficient (Wildman–Crippen LogP) is 3.60. The van der Waals surface area contributed by atoms with E-state index < -0.39 is 29.8 Å². The summed E-state index contributed by atoms with van der Waals surface area (Å²) in [6, 6.07) is 13.4. The first kappa shape index (κ1) is 39.6. The molecule has 0 bridgehead atoms. The minimum absolute atomic E-state index is 0.0284. The summed E-state index contributed by atoms with van der Waals surface area (Å²) in [5, 5.41) is 32.6. The first-order valence-corrected chi connectivity index (χ1v) is 19.7. The van der Waals surface area contributed by atoms with E-state index in [1.807, 2.05) is 19.9 Å². The van der Waals surface area contributed by atoms with Crippen molar-refractivity contribution in [3.8, 4) is 22.9 Å². The lowest BCUT2D eigenvalue weighted by molar-refractivity contribution is -0.136. The van der Waals surface area contributed by atoms with Gasteiger partial charge in [-0.2, -0.15) is 5.10 Å². The van der Waals surface area contributed by atoms with Crippen molar-refractivity contribution in [3.05, 3.63) is 105 Å². The molecule has 5 heterocycles. The number of aromatic hydroxyl groups is 2. The van der Waals surface area contributed by atoms with E-state index in [1.165, 1.54) is 15.5 Å². The predicted molar refractivity (Wildman–Crippen MR) is 216 cm³/mol. The number of allylic oxidation sites excluding steroid dienone is 1. The number of aliphatic imine (C=N–C) groups is 1. The molecule has 2 saturated heterocycles. The van der Waals surface area contributed by atoms with Crippen LogP contribution in [0.15, 0.2) is 76.3 Å². The molecule has 0 spiro atoms. The number of benzene rings is 3. The summed E-state index contributed by atoms with van der Waals surface area (Å²) in [4.78, 5) is 86.2. The number of hydrogen-bond acceptors (Lipinski definition) is 12. The van der Waals surface area contributed by atoms with Crippen LogP contribution >= 0.6 is 0 Å². The van der Waals surface area contributed by atoms with E-state index in [4.69, 9.17) is 4.74 Å². The fraction of sp³-hybridized carbons (Fsp3) is 0.333. The molecule has 2 fully saturated rings. The number of hydrogen-bond donors (Lipinski definition) is 5. The van der Waals surface area contributed by atoms with Gasteiger partial charge in [-0.05, 0) is 66.3 Å². The molecule has 4 aliphatic heterocycles. The summed E-state index contributed by atoms with van der Waals surface area (Å²) in [5.41, 5.74) is 2.92. The lowest BCUT2D eigenvalue weighted by Gasteiger charge is -2.37. The van der Waals surface area contributed by atoms with Gasteiger partial charge in [-0.1, -0.05) is 32.0 Å². The maximum atomic E-state index is 13.4. The Labute approximate surface area is 343 Å². The van der Waals surface area contributed by atoms with E-state index in [9.17, 15) is 39.0 Å². The van der Waals surface area contributed by atoms with Crippen LogP contribution in [0.25, 0.3) is 11.4 Å². The number of nitrogens with one attached hydrogen (secondary N) is 3. The second-order valence-electron chi connectivity index (χ2n) is 15.4. The van der Waals surface area contributed by atoms with Gasteiger partial charge in [0.2, 0.25) is 11.8 Å². The zero-order chi connectivity index (χ0) is 42.2. The molecule has 0 radical (unpaired) electrons. The highest BCUT2D eigenvalue weighted by molar-refractivity contribution is 6.06. The molecule has 8 rings (SSSR count). The Hall–Kier alpha value is -7.24. The average molecular weight is 818 g/mol. The van der Waals surface area contributed by atoms with Crippen LogP contribution in [-0.4, -0.2) is 108 Å². The maximum absolute atomic E-state index is 13.4. The lowest BCUT2D eigenvalue weighted by atomic mass is 9.98. The Morgan fingerprint density at radius 3 is 2.43 bits per heavy atom. The Kier molecular flexibility index (Phi) is 10.7. The number of piperidine rings is 1. The Balaban J connectivity index is 0.819. The van der Waals surface area contributed by atoms with Crippen LogP contribution < -0.4 is 16.3 Å². The highest BCUT2D eigenvalue weighted by Gasteiger charge is 2.40. The molecule has 3 aromatic carbocycles. The van der Waals surface area contributed by atoms with Crippen LogP contribution in [0, 0.1) is 0 Å². The molecule has 60 heavy (non-hydrogen) atoms. The summed E-state index contributed by atoms with van der Waals surface area (Å²) < 4.78 is 6.89. The Morgan fingerprint density at radius 2 is 1.73 bits per heavy atom. The largest absolute Gasteiger partial charge is 0.508 e. The van der Waals surface area contributed by atoms with Crippen molar-refractivity contribution in [1.82, 2.24) is 34.8 Å². The third-order valence-electron chi connectivity index (χ3n) is 11.2. The number of aromatic nitrogens is 3. The molecule has 2 atom stereocenters. The topological polar surface area (TPSA) is 232 Å². The molecule has 4 aromatic rings. The van der Waals surface area contributed by atoms with Crippen LogP contribution in [0.4, 0.5) is 10.5 Å². The summed E-state index contributed by atoms with van der Waals surface area (Å²) in [7, 11) is 0. The number of ether oxygens (including phenoxy) is 1. The number of carbonyl (C=O) groups excluding carboxylic acids is 5. The number of imide groups is 1. The molecule has 4 aliphatic rings. The van der Waals surface area contributed by atoms with Crippen molar-refractivity contribution >= 4 is 41.6 Å². The smallest absolute Gasteiger partial charge is 0.411 e. The second kappa shape index (κ2) is 16.2. The quantitative estimate of drug-likeness (QED) is 0.153. The fourth-order valence-electron chi connectivity index (χ4n) is 7.99. The summed E-state index contributed by atoms with van der Waals surface area (Å²) in [6.45, 7) is 5.88. The average Bonchev–Trinajstić information content (AvgIpc) is 3.79. The van der Waals surface area contributed by atoms with Gasteiger partial charge in [-0.25, -0.2) is 19.7 Å². The third-order valence-corrected chi connectivity index (χ3v) is 11.2. The molecular weight excluding hydrogens is 775 g/mol. The van der Waals surface area contributed by atoms with Gasteiger partial charge in [0.1, 0.15) is 30.0 Å². The van der Waals surface area contributed by atoms with Gasteiger partial charge < -0.3 is 29.6 Å². The minimum atomic E-state index is -0.778. The number of phenols is 2. The van der Waals surface area contributed by atoms with Gasteiger partial charge in [0, 0.05) is 73.8 Å². The number of piperazine rings is 1. The van der Waals surface area contributed by atoms with E-state index in [1.54, 1.807) is 59.6 Å². The number of aromatic amines is 1. The highest BCUT2D eigenvalue weighted by Crippen LogP contribution is 2.38. The van der Waals surface area contributed by atoms with Gasteiger partial charge in [0.25, 0.3) is 11.8 Å². The van der Waals surface area contributed by atoms with Crippen LogP contribution in [-0.2, 0) is 27.5 Å². The van der Waals surface area contributed by atoms with Crippen molar-refractivity contribution in [3.63, 3.8) is 0 Å². The van der Waals surface area contributed by atoms with Crippen LogP contribution in [0.3, 0.4) is 0 Å². The minimum Gasteiger partial charge on any atom is -0.508 e. The summed E-state index contributed by atoms with van der Waals surface area (Å²) in [6.07, 6.45) is 3.68. The molecular formula is C42H43N9O9. The first-order valence-electron chi connectivity index (χ1n) is 19.7. The van der Waals surface area contributed by atoms with Gasteiger partial charge in [0.15, 0.2) is 5.82 Å². The standard InChI is InChI=1S/C42H43N9O9/c1-23(2)28-18-29(34(53)19-33(28)52)37-46-47-41(58)51(37)26-10-12-35(43-20-26)48-14-16-49(17-15-48)39(56)25-8-6-24(7-9-25)22-60-42(59)44-31-5-3-4-27-30(31)21-50(40(27)57)32-11-13-36(54)45-38(32)55/h3-9,12,18-20,23,26,32,52-53H,10-11,13-17,21-22H2,1-2H3,(H,44,59)(H,47,58)(H,45,54,55). The SMILES string of the molecule is CC(C)c1cc(-c2n[nH]c(=O)n2C2C=NC(N3CCN(C(=O)c4ccc(COC(=O)Nc5cccc6c5CN(C5CCC(=O)NC5=O)C6=O)cc4)CC3)=CC2)c(O)cc1O. The van der Waals surface area contributed by atoms with Gasteiger partial charge in [-0.15, -0.1) is 0 Å². The molecule has 5 N–H and O–H groups in total. The summed E-state index contributed by atoms with van der Waals surface area (Å²) in [5.74, 6) is -0.670. The van der Waals surface area contributed by atoms with Gasteiger partial charge >= 0.3 is 11.8 Å². The number of rotatable bonds is 9. The normalized spacial score (nSPS) is 19.0. The second-order valence-corrected chi connectivity index (χ2v) is 15.4. The van der Waals surface area contributed by atoms with E-state index in [2.05, 4.69) is 30.7 Å². The molecule has 0 saturated carbocycles. The molecule has 0 aliphatic carbocycles. The van der Waals surface area contributed by atoms with Crippen molar-refractivity contribution in [2.45, 2.75) is 64.3 Å². The number of H-pyrrole nitrogens is 1. The van der Waals surface area contributed by atoms with Crippen molar-refractivity contribution in [1.29, 1.82) is 0 Å². The Morgan fingerprint density at radius 1 is 0.967 bits per heavy atom. The van der Waals surface area contributed by atoms with Crippen molar-refractivity contribution < 1.29 is 38.9 Å². The first-order chi connectivity index (χ1) is 28.9. The number of fused-ring (bicyclic) bond motifs is 1. The van der Waals surface area contributed by atoms with E-state index in [0.29, 0.717) is 71.7 Å². The third kappa shape index (κ3) is 7.70. The fourth-order valence-corrected chi connectivity index (χ4v) is 7.99. The monoisotopic (exact) mass is 817 g/mol. The van der Waals surface area contributed by atoms with Crippen LogP contribution in [0.5, 0.6) is 11.5 Å². The van der Waals surface area contributed by atoms with Crippen LogP contribution in [0.2, 0.25) is 0 Å². The van der Waals surface area contributed by atoms with Crippen molar-refractivity contribution in [2.24, 2.45) is 4.99 Å². The van der Waals surface area contributed by atoms with E-state index in [0.717, 1.165) is 5.82 Å². The Bertz CT molecular complexity index is 2520. The number of phenolic OH excluding ortho intramolecular Hbond substituents is 2. The number of amides is 5. The molecule has 5 amide bonds. The van der Waals surface area contributed by atoms with Gasteiger partial charge in [0.05, 0.1) is 11.6 Å². The number of anilines is 1.